The Balaban J connectivity index is 1.61. The molecule has 1 N–H and O–H groups in total. The maximum absolute atomic E-state index is 13.4. The van der Waals surface area contributed by atoms with Gasteiger partial charge in [0.2, 0.25) is 0 Å². The largest absolute Gasteiger partial charge is 0.368 e. The highest BCUT2D eigenvalue weighted by atomic mass is 32.2. The van der Waals surface area contributed by atoms with Gasteiger partial charge in [0.15, 0.2) is 11.2 Å². The van der Waals surface area contributed by atoms with E-state index < -0.39 is 0 Å². The lowest BCUT2D eigenvalue weighted by Gasteiger charge is -2.37. The fraction of sp³-hybridized carbons (Fsp3) is 0.400. The van der Waals surface area contributed by atoms with E-state index in [1.54, 1.807) is 0 Å². The van der Waals surface area contributed by atoms with Gasteiger partial charge in [-0.1, -0.05) is 30.0 Å². The number of carbonyl (C=O) groups is 1. The molecule has 2 aliphatic heterocycles. The van der Waals surface area contributed by atoms with Gasteiger partial charge < -0.3 is 10.2 Å². The molecule has 2 aromatic rings. The zero-order valence-electron chi connectivity index (χ0n) is 15.7. The van der Waals surface area contributed by atoms with E-state index in [0.717, 1.165) is 43.1 Å². The minimum absolute atomic E-state index is 0.0842. The smallest absolute Gasteiger partial charge is 0.261 e. The maximum atomic E-state index is 13.4. The Bertz CT molecular complexity index is 826. The number of rotatable bonds is 4. The molecule has 0 saturated carbocycles. The molecule has 7 heteroatoms. The Kier molecular flexibility index (Phi) is 5.22. The van der Waals surface area contributed by atoms with Crippen LogP contribution < -0.4 is 10.2 Å². The quantitative estimate of drug-likeness (QED) is 0.880. The van der Waals surface area contributed by atoms with Gasteiger partial charge in [-0.25, -0.2) is 4.68 Å². The summed E-state index contributed by atoms with van der Waals surface area (Å²) in [6, 6.07) is 12.1. The van der Waals surface area contributed by atoms with Crippen molar-refractivity contribution in [3.63, 3.8) is 0 Å². The number of benzene rings is 1. The first-order valence-corrected chi connectivity index (χ1v) is 10.3. The van der Waals surface area contributed by atoms with E-state index in [2.05, 4.69) is 17.3 Å². The van der Waals surface area contributed by atoms with Crippen molar-refractivity contribution in [2.75, 3.05) is 25.0 Å². The predicted molar refractivity (Wildman–Crippen MR) is 110 cm³/mol. The summed E-state index contributed by atoms with van der Waals surface area (Å²) in [5.41, 5.74) is 2.03. The highest BCUT2D eigenvalue weighted by Crippen LogP contribution is 2.28. The Morgan fingerprint density at radius 3 is 2.63 bits per heavy atom. The molecule has 1 atom stereocenters. The van der Waals surface area contributed by atoms with E-state index in [4.69, 9.17) is 5.10 Å². The number of aromatic nitrogens is 2. The number of anilines is 1. The summed E-state index contributed by atoms with van der Waals surface area (Å²) >= 11 is 1.54. The van der Waals surface area contributed by atoms with Crippen molar-refractivity contribution >= 4 is 23.5 Å². The van der Waals surface area contributed by atoms with Crippen molar-refractivity contribution in [1.82, 2.24) is 20.0 Å². The number of carbonyl (C=O) groups excluding carboxylic acids is 1. The van der Waals surface area contributed by atoms with Crippen LogP contribution in [0.3, 0.4) is 0 Å². The molecular formula is C20H25N5OS. The van der Waals surface area contributed by atoms with Crippen LogP contribution in [0, 0.1) is 0 Å². The highest BCUT2D eigenvalue weighted by Gasteiger charge is 2.35. The number of likely N-dealkylation sites (tertiary alicyclic amines) is 1. The van der Waals surface area contributed by atoms with E-state index in [1.807, 2.05) is 64.5 Å². The SMILES string of the molecule is CC1=CSC(C(=O)N(c2ccn(-c3ccccc3)n2)C2CCN(C)CC2)N1. The first kappa shape index (κ1) is 18.1. The lowest BCUT2D eigenvalue weighted by molar-refractivity contribution is -0.119. The molecule has 0 spiro atoms. The average Bonchev–Trinajstić information content (AvgIpc) is 3.34. The molecule has 0 radical (unpaired) electrons. The Hall–Kier alpha value is -2.25. The van der Waals surface area contributed by atoms with Crippen molar-refractivity contribution in [3.8, 4) is 5.69 Å². The molecule has 1 amide bonds. The molecule has 1 aromatic heterocycles. The van der Waals surface area contributed by atoms with Crippen molar-refractivity contribution in [1.29, 1.82) is 0 Å². The van der Waals surface area contributed by atoms with Gasteiger partial charge in [0.25, 0.3) is 5.91 Å². The minimum atomic E-state index is -0.272. The van der Waals surface area contributed by atoms with Crippen LogP contribution in [-0.2, 0) is 4.79 Å². The van der Waals surface area contributed by atoms with Crippen LogP contribution in [-0.4, -0.2) is 52.1 Å². The molecular weight excluding hydrogens is 358 g/mol. The third-order valence-corrected chi connectivity index (χ3v) is 6.18. The molecule has 0 bridgehead atoms. The van der Waals surface area contributed by atoms with E-state index in [-0.39, 0.29) is 17.3 Å². The lowest BCUT2D eigenvalue weighted by Crippen LogP contribution is -2.51. The lowest BCUT2D eigenvalue weighted by atomic mass is 10.0. The molecule has 0 aliphatic carbocycles. The topological polar surface area (TPSA) is 53.4 Å². The van der Waals surface area contributed by atoms with Crippen LogP contribution in [0.5, 0.6) is 0 Å². The number of hydrogen-bond acceptors (Lipinski definition) is 5. The summed E-state index contributed by atoms with van der Waals surface area (Å²) < 4.78 is 1.84. The summed E-state index contributed by atoms with van der Waals surface area (Å²) in [7, 11) is 2.13. The van der Waals surface area contributed by atoms with Gasteiger partial charge in [-0.15, -0.1) is 5.10 Å². The minimum Gasteiger partial charge on any atom is -0.368 e. The molecule has 2 aliphatic rings. The van der Waals surface area contributed by atoms with Crippen molar-refractivity contribution in [3.05, 3.63) is 53.7 Å². The van der Waals surface area contributed by atoms with Gasteiger partial charge >= 0.3 is 0 Å². The fourth-order valence-electron chi connectivity index (χ4n) is 3.59. The van der Waals surface area contributed by atoms with Gasteiger partial charge in [-0.05, 0) is 57.4 Å². The normalized spacial score (nSPS) is 21.0. The van der Waals surface area contributed by atoms with Crippen LogP contribution in [0.4, 0.5) is 5.82 Å². The summed E-state index contributed by atoms with van der Waals surface area (Å²) in [4.78, 5) is 17.6. The van der Waals surface area contributed by atoms with Gasteiger partial charge in [-0.3, -0.25) is 9.69 Å². The highest BCUT2D eigenvalue weighted by molar-refractivity contribution is 8.03. The second kappa shape index (κ2) is 7.78. The average molecular weight is 384 g/mol. The number of piperidine rings is 1. The second-order valence-corrected chi connectivity index (χ2v) is 8.14. The third kappa shape index (κ3) is 3.89. The standard InChI is InChI=1S/C20H25N5OS/c1-15-14-27-19(21-15)20(26)25(17-8-11-23(2)12-9-17)18-10-13-24(22-18)16-6-4-3-5-7-16/h3-7,10,13-14,17,19,21H,8-9,11-12H2,1-2H3. The monoisotopic (exact) mass is 383 g/mol. The van der Waals surface area contributed by atoms with E-state index in [9.17, 15) is 4.79 Å². The number of amides is 1. The number of hydrogen-bond donors (Lipinski definition) is 1. The summed E-state index contributed by atoms with van der Waals surface area (Å²) in [5, 5.41) is 9.76. The number of allylic oxidation sites excluding steroid dienone is 1. The molecule has 1 saturated heterocycles. The van der Waals surface area contributed by atoms with Gasteiger partial charge in [0.05, 0.1) is 5.69 Å². The molecule has 6 nitrogen and oxygen atoms in total. The molecule has 1 aromatic carbocycles. The van der Waals surface area contributed by atoms with Gasteiger partial charge in [-0.2, -0.15) is 0 Å². The second-order valence-electron chi connectivity index (χ2n) is 7.16. The molecule has 1 unspecified atom stereocenters. The first-order valence-electron chi connectivity index (χ1n) is 9.33. The van der Waals surface area contributed by atoms with Gasteiger partial charge in [0.1, 0.15) is 0 Å². The Morgan fingerprint density at radius 2 is 1.96 bits per heavy atom. The zero-order valence-corrected chi connectivity index (χ0v) is 16.5. The van der Waals surface area contributed by atoms with Crippen LogP contribution in [0.15, 0.2) is 53.7 Å². The predicted octanol–water partition coefficient (Wildman–Crippen LogP) is 2.82. The Labute approximate surface area is 164 Å². The first-order chi connectivity index (χ1) is 13.1. The van der Waals surface area contributed by atoms with Crippen LogP contribution in [0.1, 0.15) is 19.8 Å². The van der Waals surface area contributed by atoms with Crippen LogP contribution in [0.2, 0.25) is 0 Å². The number of para-hydroxylation sites is 1. The molecule has 27 heavy (non-hydrogen) atoms. The summed E-state index contributed by atoms with van der Waals surface area (Å²) in [5.74, 6) is 0.811. The van der Waals surface area contributed by atoms with E-state index >= 15 is 0 Å². The van der Waals surface area contributed by atoms with E-state index in [1.165, 1.54) is 11.8 Å². The fourth-order valence-corrected chi connectivity index (χ4v) is 4.48. The van der Waals surface area contributed by atoms with Gasteiger partial charge in [0, 0.05) is 24.0 Å². The molecule has 4 rings (SSSR count). The summed E-state index contributed by atoms with van der Waals surface area (Å²) in [6.07, 6.45) is 3.85. The number of thioether (sulfide) groups is 1. The third-order valence-electron chi connectivity index (χ3n) is 5.10. The molecule has 3 heterocycles. The van der Waals surface area contributed by atoms with Crippen molar-refractivity contribution in [2.45, 2.75) is 31.2 Å². The van der Waals surface area contributed by atoms with Crippen molar-refractivity contribution < 1.29 is 4.79 Å². The molecule has 142 valence electrons. The summed E-state index contributed by atoms with van der Waals surface area (Å²) in [6.45, 7) is 3.98. The molecule has 1 fully saturated rings. The van der Waals surface area contributed by atoms with Crippen LogP contribution in [0.25, 0.3) is 5.69 Å². The Morgan fingerprint density at radius 1 is 1.22 bits per heavy atom. The maximum Gasteiger partial charge on any atom is 0.261 e. The van der Waals surface area contributed by atoms with Crippen molar-refractivity contribution in [2.24, 2.45) is 0 Å². The number of nitrogens with one attached hydrogen (secondary N) is 1. The zero-order chi connectivity index (χ0) is 18.8. The van der Waals surface area contributed by atoms with Crippen LogP contribution >= 0.6 is 11.8 Å². The number of nitrogens with zero attached hydrogens (tertiary/aromatic N) is 4. The van der Waals surface area contributed by atoms with E-state index in [0.29, 0.717) is 0 Å².